The van der Waals surface area contributed by atoms with Crippen LogP contribution in [0.25, 0.3) is 0 Å². The average Bonchev–Trinajstić information content (AvgIpc) is 2.96. The molecule has 6 nitrogen and oxygen atoms in total. The van der Waals surface area contributed by atoms with Crippen LogP contribution in [-0.2, 0) is 0 Å². The quantitative estimate of drug-likeness (QED) is 0.754. The molecule has 6 heteroatoms. The summed E-state index contributed by atoms with van der Waals surface area (Å²) in [5.74, 6) is 3.14. The van der Waals surface area contributed by atoms with Crippen LogP contribution in [0.3, 0.4) is 0 Å². The first kappa shape index (κ1) is 20.3. The molecule has 0 bridgehead atoms. The van der Waals surface area contributed by atoms with Gasteiger partial charge in [0.15, 0.2) is 0 Å². The van der Waals surface area contributed by atoms with Crippen LogP contribution in [0.15, 0.2) is 36.4 Å². The molecule has 2 aromatic rings. The van der Waals surface area contributed by atoms with Crippen LogP contribution in [0.1, 0.15) is 30.1 Å². The molecule has 0 N–H and O–H groups in total. The second-order valence-corrected chi connectivity index (χ2v) is 7.14. The Bertz CT molecular complexity index is 714. The third kappa shape index (κ3) is 3.62. The largest absolute Gasteiger partial charge is 0.497 e. The van der Waals surface area contributed by atoms with Crippen molar-refractivity contribution in [2.75, 3.05) is 42.5 Å². The normalized spacial score (nSPS) is 21.0. The SMILES string of the molecule is COc1cc(OC)cc([C@@H]2[C@@H](c3cc(OC)cc(OC)c3)N(C)C(C)N2C)c1. The first-order valence-electron chi connectivity index (χ1n) is 9.33. The summed E-state index contributed by atoms with van der Waals surface area (Å²) in [6.45, 7) is 2.21. The second kappa shape index (κ2) is 8.29. The van der Waals surface area contributed by atoms with Gasteiger partial charge in [-0.05, 0) is 56.4 Å². The summed E-state index contributed by atoms with van der Waals surface area (Å²) in [6, 6.07) is 12.4. The molecule has 1 saturated heterocycles. The van der Waals surface area contributed by atoms with Crippen LogP contribution >= 0.6 is 0 Å². The maximum Gasteiger partial charge on any atom is 0.122 e. The summed E-state index contributed by atoms with van der Waals surface area (Å²) >= 11 is 0. The number of ether oxygens (including phenoxy) is 4. The minimum absolute atomic E-state index is 0.112. The van der Waals surface area contributed by atoms with Crippen LogP contribution in [-0.4, -0.2) is 58.5 Å². The Morgan fingerprint density at radius 1 is 0.571 bits per heavy atom. The highest BCUT2D eigenvalue weighted by atomic mass is 16.5. The smallest absolute Gasteiger partial charge is 0.122 e. The van der Waals surface area contributed by atoms with E-state index in [-0.39, 0.29) is 18.2 Å². The van der Waals surface area contributed by atoms with Crippen molar-refractivity contribution < 1.29 is 18.9 Å². The predicted octanol–water partition coefficient (Wildman–Crippen LogP) is 3.73. The van der Waals surface area contributed by atoms with E-state index in [4.69, 9.17) is 18.9 Å². The molecule has 152 valence electrons. The Kier molecular flexibility index (Phi) is 6.01. The van der Waals surface area contributed by atoms with E-state index in [1.807, 2.05) is 12.1 Å². The fourth-order valence-corrected chi connectivity index (χ4v) is 4.03. The van der Waals surface area contributed by atoms with E-state index in [2.05, 4.69) is 55.1 Å². The first-order valence-corrected chi connectivity index (χ1v) is 9.33. The van der Waals surface area contributed by atoms with Gasteiger partial charge in [-0.15, -0.1) is 0 Å². The van der Waals surface area contributed by atoms with Crippen LogP contribution in [0.5, 0.6) is 23.0 Å². The van der Waals surface area contributed by atoms with E-state index in [1.54, 1.807) is 28.4 Å². The lowest BCUT2D eigenvalue weighted by Gasteiger charge is -2.28. The van der Waals surface area contributed by atoms with E-state index in [0.717, 1.165) is 34.1 Å². The fourth-order valence-electron chi connectivity index (χ4n) is 4.03. The minimum Gasteiger partial charge on any atom is -0.497 e. The zero-order chi connectivity index (χ0) is 20.4. The lowest BCUT2D eigenvalue weighted by molar-refractivity contribution is 0.181. The first-order chi connectivity index (χ1) is 13.4. The summed E-state index contributed by atoms with van der Waals surface area (Å²) in [4.78, 5) is 4.73. The molecule has 1 aliphatic rings. The van der Waals surface area contributed by atoms with Crippen LogP contribution in [0, 0.1) is 0 Å². The van der Waals surface area contributed by atoms with Crippen LogP contribution in [0.4, 0.5) is 0 Å². The van der Waals surface area contributed by atoms with Gasteiger partial charge in [0.1, 0.15) is 23.0 Å². The number of benzene rings is 2. The van der Waals surface area contributed by atoms with Gasteiger partial charge in [-0.1, -0.05) is 0 Å². The van der Waals surface area contributed by atoms with Gasteiger partial charge in [0, 0.05) is 12.1 Å². The van der Waals surface area contributed by atoms with Gasteiger partial charge in [0.25, 0.3) is 0 Å². The molecule has 28 heavy (non-hydrogen) atoms. The highest BCUT2D eigenvalue weighted by Gasteiger charge is 2.43. The number of methoxy groups -OCH3 is 4. The molecule has 0 aliphatic carbocycles. The van der Waals surface area contributed by atoms with E-state index < -0.39 is 0 Å². The Hall–Kier alpha value is -2.44. The molecule has 1 heterocycles. The number of hydrogen-bond acceptors (Lipinski definition) is 6. The van der Waals surface area contributed by atoms with Crippen molar-refractivity contribution in [3.8, 4) is 23.0 Å². The molecule has 0 spiro atoms. The van der Waals surface area contributed by atoms with Crippen LogP contribution in [0.2, 0.25) is 0 Å². The predicted molar refractivity (Wildman–Crippen MR) is 110 cm³/mol. The molecular weight excluding hydrogens is 356 g/mol. The summed E-state index contributed by atoms with van der Waals surface area (Å²) in [5, 5.41) is 0. The van der Waals surface area contributed by atoms with Gasteiger partial charge >= 0.3 is 0 Å². The lowest BCUT2D eigenvalue weighted by atomic mass is 9.92. The number of rotatable bonds is 6. The van der Waals surface area contributed by atoms with Crippen LogP contribution < -0.4 is 18.9 Å². The van der Waals surface area contributed by atoms with Crippen molar-refractivity contribution in [1.29, 1.82) is 0 Å². The molecule has 2 atom stereocenters. The number of likely N-dealkylation sites (N-methyl/N-ethyl adjacent to an activating group) is 2. The van der Waals surface area contributed by atoms with Crippen molar-refractivity contribution in [2.24, 2.45) is 0 Å². The highest BCUT2D eigenvalue weighted by molar-refractivity contribution is 5.45. The highest BCUT2D eigenvalue weighted by Crippen LogP contribution is 2.47. The molecule has 0 aromatic heterocycles. The topological polar surface area (TPSA) is 43.4 Å². The Morgan fingerprint density at radius 3 is 1.11 bits per heavy atom. The Balaban J connectivity index is 2.14. The van der Waals surface area contributed by atoms with Crippen molar-refractivity contribution in [3.05, 3.63) is 47.5 Å². The van der Waals surface area contributed by atoms with E-state index in [1.165, 1.54) is 0 Å². The molecular formula is C22H30N2O4. The minimum atomic E-state index is 0.112. The zero-order valence-electron chi connectivity index (χ0n) is 17.7. The molecule has 0 unspecified atom stereocenters. The Morgan fingerprint density at radius 2 is 0.857 bits per heavy atom. The summed E-state index contributed by atoms with van der Waals surface area (Å²) in [5.41, 5.74) is 2.28. The standard InChI is InChI=1S/C22H30N2O4/c1-14-23(2)21(15-8-17(25-4)12-18(9-15)26-5)22(24(14)3)16-10-19(27-6)13-20(11-16)28-7/h8-14,21-22H,1-7H3/t21-,22-/m1/s1. The average molecular weight is 386 g/mol. The van der Waals surface area contributed by atoms with Crippen molar-refractivity contribution >= 4 is 0 Å². The van der Waals surface area contributed by atoms with Gasteiger partial charge in [-0.2, -0.15) is 0 Å². The van der Waals surface area contributed by atoms with Gasteiger partial charge in [-0.25, -0.2) is 0 Å². The Labute approximate surface area is 167 Å². The van der Waals surface area contributed by atoms with E-state index >= 15 is 0 Å². The molecule has 1 fully saturated rings. The second-order valence-electron chi connectivity index (χ2n) is 7.14. The third-order valence-electron chi connectivity index (χ3n) is 5.79. The monoisotopic (exact) mass is 386 g/mol. The maximum atomic E-state index is 5.51. The molecule has 1 aliphatic heterocycles. The third-order valence-corrected chi connectivity index (χ3v) is 5.79. The lowest BCUT2D eigenvalue weighted by Crippen LogP contribution is -2.31. The number of nitrogens with zero attached hydrogens (tertiary/aromatic N) is 2. The van der Waals surface area contributed by atoms with Crippen molar-refractivity contribution in [1.82, 2.24) is 9.80 Å². The summed E-state index contributed by atoms with van der Waals surface area (Å²) < 4.78 is 22.0. The van der Waals surface area contributed by atoms with E-state index in [0.29, 0.717) is 0 Å². The van der Waals surface area contributed by atoms with E-state index in [9.17, 15) is 0 Å². The fraction of sp³-hybridized carbons (Fsp3) is 0.455. The summed E-state index contributed by atoms with van der Waals surface area (Å²) in [7, 11) is 11.0. The molecule has 3 rings (SSSR count). The zero-order valence-corrected chi connectivity index (χ0v) is 17.7. The number of hydrogen-bond donors (Lipinski definition) is 0. The summed E-state index contributed by atoms with van der Waals surface area (Å²) in [6.07, 6.45) is 0.254. The maximum absolute atomic E-state index is 5.51. The van der Waals surface area contributed by atoms with Gasteiger partial charge in [-0.3, -0.25) is 9.80 Å². The molecule has 0 radical (unpaired) electrons. The van der Waals surface area contributed by atoms with Gasteiger partial charge in [0.05, 0.1) is 46.7 Å². The molecule has 2 aromatic carbocycles. The molecule has 0 amide bonds. The van der Waals surface area contributed by atoms with Crippen molar-refractivity contribution in [3.63, 3.8) is 0 Å². The van der Waals surface area contributed by atoms with Gasteiger partial charge < -0.3 is 18.9 Å². The van der Waals surface area contributed by atoms with Gasteiger partial charge in [0.2, 0.25) is 0 Å². The molecule has 0 saturated carbocycles. The van der Waals surface area contributed by atoms with Crippen molar-refractivity contribution in [2.45, 2.75) is 25.2 Å².